The Kier molecular flexibility index (Phi) is 18.2. The summed E-state index contributed by atoms with van der Waals surface area (Å²) in [4.78, 5) is 61.7. The number of hydrogen-bond donors (Lipinski definition) is 8. The highest BCUT2D eigenvalue weighted by molar-refractivity contribution is 9.10. The average molecular weight is 855 g/mol. The second kappa shape index (κ2) is 22.0. The van der Waals surface area contributed by atoms with E-state index >= 15 is 0 Å². The molecule has 1 aromatic heterocycles. The molecule has 3 rings (SSSR count). The molecule has 0 saturated carbocycles. The summed E-state index contributed by atoms with van der Waals surface area (Å²) in [6.07, 6.45) is 4.49. The van der Waals surface area contributed by atoms with Gasteiger partial charge in [-0.2, -0.15) is 0 Å². The molecule has 12 N–H and O–H groups in total. The van der Waals surface area contributed by atoms with E-state index in [0.717, 1.165) is 19.2 Å². The minimum absolute atomic E-state index is 0.0651. The number of aromatic nitrogens is 2. The molecule has 0 unspecified atom stereocenters. The van der Waals surface area contributed by atoms with Crippen molar-refractivity contribution in [2.24, 2.45) is 22.9 Å². The number of carbonyl (C=O) groups excluding carboxylic acids is 4. The zero-order chi connectivity index (χ0) is 36.5. The molecule has 3 aromatic rings. The number of nitrogens with zero attached hydrogens (tertiary/aromatic N) is 2. The van der Waals surface area contributed by atoms with E-state index in [1.54, 1.807) is 24.3 Å². The highest BCUT2D eigenvalue weighted by Crippen LogP contribution is 2.39. The van der Waals surface area contributed by atoms with Crippen molar-refractivity contribution in [2.75, 3.05) is 59.0 Å². The molecular weight excluding hydrogens is 812 g/mol. The quantitative estimate of drug-likeness (QED) is 0.0568. The third kappa shape index (κ3) is 13.2. The third-order valence-corrected chi connectivity index (χ3v) is 9.98. The van der Waals surface area contributed by atoms with Crippen LogP contribution in [0.4, 0.5) is 22.7 Å². The Morgan fingerprint density at radius 1 is 0.560 bits per heavy atom. The molecule has 0 aliphatic carbocycles. The summed E-state index contributed by atoms with van der Waals surface area (Å²) in [7, 11) is 0. The molecule has 0 aliphatic heterocycles. The van der Waals surface area contributed by atoms with Gasteiger partial charge in [-0.1, -0.05) is 31.9 Å². The largest absolute Gasteiger partial charge is 0.330 e. The number of rotatable bonds is 20. The second-order valence-electron chi connectivity index (χ2n) is 10.7. The topological polar surface area (TPSA) is 246 Å². The molecular formula is C32H42Br2N10O4S2. The van der Waals surface area contributed by atoms with Crippen LogP contribution in [0.5, 0.6) is 0 Å². The Labute approximate surface area is 316 Å². The van der Waals surface area contributed by atoms with Gasteiger partial charge < -0.3 is 44.2 Å². The third-order valence-electron chi connectivity index (χ3n) is 6.73. The van der Waals surface area contributed by atoms with Crippen molar-refractivity contribution < 1.29 is 19.2 Å². The van der Waals surface area contributed by atoms with Crippen molar-refractivity contribution in [3.05, 3.63) is 57.0 Å². The fourth-order valence-corrected chi connectivity index (χ4v) is 7.08. The van der Waals surface area contributed by atoms with Gasteiger partial charge in [-0.3, -0.25) is 19.2 Å². The van der Waals surface area contributed by atoms with Gasteiger partial charge in [-0.05, 0) is 63.0 Å². The number of nitrogens with two attached hydrogens (primary N) is 4. The van der Waals surface area contributed by atoms with Crippen LogP contribution < -0.4 is 44.2 Å². The first-order chi connectivity index (χ1) is 24.1. The molecule has 0 saturated heterocycles. The van der Waals surface area contributed by atoms with Crippen LogP contribution >= 0.6 is 55.4 Å². The van der Waals surface area contributed by atoms with Gasteiger partial charge >= 0.3 is 0 Å². The Hall–Kier alpha value is -3.10. The number of carbonyl (C=O) groups is 4. The van der Waals surface area contributed by atoms with E-state index in [0.29, 0.717) is 105 Å². The lowest BCUT2D eigenvalue weighted by Gasteiger charge is -2.17. The number of amides is 4. The first kappa shape index (κ1) is 41.3. The number of benzene rings is 2. The monoisotopic (exact) mass is 852 g/mol. The molecule has 1 heterocycles. The summed E-state index contributed by atoms with van der Waals surface area (Å²) in [5.41, 5.74) is 24.4. The second-order valence-corrected chi connectivity index (χ2v) is 14.8. The van der Waals surface area contributed by atoms with Gasteiger partial charge in [0.25, 0.3) is 11.8 Å². The number of nitrogens with one attached hydrogen (secondary N) is 4. The van der Waals surface area contributed by atoms with E-state index < -0.39 is 11.8 Å². The summed E-state index contributed by atoms with van der Waals surface area (Å²) < 4.78 is 1.24. The fraction of sp³-hybridized carbons (Fsp3) is 0.375. The molecule has 270 valence electrons. The Morgan fingerprint density at radius 3 is 1.30 bits per heavy atom. The zero-order valence-corrected chi connectivity index (χ0v) is 32.2. The van der Waals surface area contributed by atoms with Gasteiger partial charge in [0, 0.05) is 52.4 Å². The first-order valence-electron chi connectivity index (χ1n) is 15.9. The normalized spacial score (nSPS) is 10.8. The van der Waals surface area contributed by atoms with Crippen molar-refractivity contribution in [3.8, 4) is 0 Å². The summed E-state index contributed by atoms with van der Waals surface area (Å²) in [6.45, 7) is 1.74. The molecule has 2 aromatic carbocycles. The highest BCUT2D eigenvalue weighted by Gasteiger charge is 2.21. The van der Waals surface area contributed by atoms with Crippen LogP contribution in [-0.4, -0.2) is 71.3 Å². The van der Waals surface area contributed by atoms with Gasteiger partial charge in [0.05, 0.1) is 32.5 Å². The smallest absolute Gasteiger partial charge is 0.274 e. The minimum atomic E-state index is -0.601. The van der Waals surface area contributed by atoms with Crippen LogP contribution in [0.25, 0.3) is 0 Å². The van der Waals surface area contributed by atoms with Crippen molar-refractivity contribution in [1.82, 2.24) is 9.97 Å². The maximum Gasteiger partial charge on any atom is 0.274 e. The molecule has 0 radical (unpaired) electrons. The van der Waals surface area contributed by atoms with Crippen LogP contribution in [0, 0.1) is 0 Å². The lowest BCUT2D eigenvalue weighted by molar-refractivity contribution is -0.117. The first-order valence-corrected chi connectivity index (χ1v) is 19.4. The number of hydrogen-bond acceptors (Lipinski definition) is 12. The molecule has 18 heteroatoms. The Bertz CT molecular complexity index is 1540. The highest BCUT2D eigenvalue weighted by atomic mass is 79.9. The van der Waals surface area contributed by atoms with Crippen LogP contribution in [0.3, 0.4) is 0 Å². The van der Waals surface area contributed by atoms with Crippen LogP contribution in [0.1, 0.15) is 59.5 Å². The average Bonchev–Trinajstić information content (AvgIpc) is 3.07. The van der Waals surface area contributed by atoms with Crippen LogP contribution in [-0.2, 0) is 9.59 Å². The molecule has 0 aliphatic rings. The van der Waals surface area contributed by atoms with E-state index in [1.165, 1.54) is 29.6 Å². The van der Waals surface area contributed by atoms with Gasteiger partial charge in [-0.25, -0.2) is 9.97 Å². The predicted octanol–water partition coefficient (Wildman–Crippen LogP) is 4.74. The summed E-state index contributed by atoms with van der Waals surface area (Å²) in [6, 6.07) is 8.20. The van der Waals surface area contributed by atoms with Crippen LogP contribution in [0.2, 0.25) is 0 Å². The van der Waals surface area contributed by atoms with Crippen LogP contribution in [0.15, 0.2) is 55.4 Å². The minimum Gasteiger partial charge on any atom is -0.330 e. The molecule has 0 fully saturated rings. The summed E-state index contributed by atoms with van der Waals surface area (Å²) in [5.74, 6) is -0.506. The number of unbranched alkanes of at least 4 members (excludes halogenated alkanes) is 2. The molecule has 0 bridgehead atoms. The van der Waals surface area contributed by atoms with E-state index in [9.17, 15) is 19.2 Å². The standard InChI is InChI=1S/C32H42Br2N10O4S2/c33-19-13-21(41-27(45)5-1-3-7-35)29(49-11-9-37)23(15-19)43-31(47)25-17-26(40-18-39-25)32(48)44-24-16-20(34)14-22(30(24)50-12-10-38)42-28(46)6-2-4-8-36/h13-18H,1-12,35-38H2,(H,41,45)(H,42,46)(H,43,47)(H,44,48). The molecule has 50 heavy (non-hydrogen) atoms. The summed E-state index contributed by atoms with van der Waals surface area (Å²) >= 11 is 9.69. The SMILES string of the molecule is NCCCCC(=O)Nc1cc(Br)cc(NC(=O)c2cc(C(=O)Nc3cc(Br)cc(NC(=O)CCCCN)c3SCCN)ncn2)c1SCCN. The molecule has 0 spiro atoms. The molecule has 14 nitrogen and oxygen atoms in total. The predicted molar refractivity (Wildman–Crippen MR) is 209 cm³/mol. The summed E-state index contributed by atoms with van der Waals surface area (Å²) in [5, 5.41) is 11.6. The Balaban J connectivity index is 1.86. The maximum atomic E-state index is 13.5. The van der Waals surface area contributed by atoms with Gasteiger partial charge in [-0.15, -0.1) is 23.5 Å². The molecule has 4 amide bonds. The number of anilines is 4. The number of thioether (sulfide) groups is 2. The van der Waals surface area contributed by atoms with Crippen molar-refractivity contribution >= 4 is 102 Å². The van der Waals surface area contributed by atoms with Crippen molar-refractivity contribution in [3.63, 3.8) is 0 Å². The Morgan fingerprint density at radius 2 is 0.940 bits per heavy atom. The van der Waals surface area contributed by atoms with E-state index in [1.807, 2.05) is 0 Å². The van der Waals surface area contributed by atoms with Gasteiger partial charge in [0.15, 0.2) is 0 Å². The van der Waals surface area contributed by atoms with Crippen molar-refractivity contribution in [2.45, 2.75) is 48.3 Å². The lowest BCUT2D eigenvalue weighted by atomic mass is 10.2. The number of halogens is 2. The maximum absolute atomic E-state index is 13.5. The van der Waals surface area contributed by atoms with Gasteiger partial charge in [0.2, 0.25) is 11.8 Å². The lowest BCUT2D eigenvalue weighted by Crippen LogP contribution is -2.20. The molecule has 0 atom stereocenters. The van der Waals surface area contributed by atoms with Crippen molar-refractivity contribution in [1.29, 1.82) is 0 Å². The van der Waals surface area contributed by atoms with E-state index in [4.69, 9.17) is 22.9 Å². The fourth-order valence-electron chi connectivity index (χ4n) is 4.46. The van der Waals surface area contributed by atoms with E-state index in [-0.39, 0.29) is 23.2 Å². The van der Waals surface area contributed by atoms with E-state index in [2.05, 4.69) is 63.1 Å². The van der Waals surface area contributed by atoms with Gasteiger partial charge in [0.1, 0.15) is 17.7 Å². The zero-order valence-electron chi connectivity index (χ0n) is 27.4.